The van der Waals surface area contributed by atoms with Crippen LogP contribution in [-0.4, -0.2) is 53.9 Å². The molecule has 1 aromatic carbocycles. The Balaban J connectivity index is 1.38. The molecular formula is C22H27N5O4. The Kier molecular flexibility index (Phi) is 6.61. The highest BCUT2D eigenvalue weighted by Crippen LogP contribution is 2.27. The first-order valence-electron chi connectivity index (χ1n) is 10.6. The number of amides is 1. The molecule has 0 spiro atoms. The van der Waals surface area contributed by atoms with Crippen molar-refractivity contribution < 1.29 is 18.8 Å². The number of morpholine rings is 1. The average Bonchev–Trinajstić information content (AvgIpc) is 3.18. The minimum Gasteiger partial charge on any atom is -0.494 e. The first kappa shape index (κ1) is 21.0. The van der Waals surface area contributed by atoms with Gasteiger partial charge in [0.1, 0.15) is 22.8 Å². The van der Waals surface area contributed by atoms with E-state index in [9.17, 15) is 4.79 Å². The number of fused-ring (bicyclic) bond motifs is 1. The summed E-state index contributed by atoms with van der Waals surface area (Å²) in [6, 6.07) is 7.70. The molecule has 1 fully saturated rings. The van der Waals surface area contributed by atoms with Crippen LogP contribution in [0.15, 0.2) is 28.8 Å². The Hall–Kier alpha value is -3.20. The summed E-state index contributed by atoms with van der Waals surface area (Å²) in [5.41, 5.74) is 2.23. The summed E-state index contributed by atoms with van der Waals surface area (Å²) in [5, 5.41) is 7.81. The van der Waals surface area contributed by atoms with Gasteiger partial charge in [0.05, 0.1) is 25.5 Å². The van der Waals surface area contributed by atoms with Gasteiger partial charge in [-0.1, -0.05) is 17.3 Å². The number of hydrogen-bond donors (Lipinski definition) is 1. The lowest BCUT2D eigenvalue weighted by Crippen LogP contribution is -2.37. The zero-order chi connectivity index (χ0) is 21.6. The van der Waals surface area contributed by atoms with Crippen molar-refractivity contribution in [1.82, 2.24) is 20.4 Å². The number of carbonyl (C=O) groups excluding carboxylic acids is 1. The van der Waals surface area contributed by atoms with E-state index in [2.05, 4.69) is 20.4 Å². The van der Waals surface area contributed by atoms with Crippen LogP contribution in [0, 0.1) is 6.92 Å². The van der Waals surface area contributed by atoms with E-state index in [1.54, 1.807) is 0 Å². The van der Waals surface area contributed by atoms with Gasteiger partial charge < -0.3 is 24.2 Å². The predicted octanol–water partition coefficient (Wildman–Crippen LogP) is 2.41. The number of hydrogen-bond acceptors (Lipinski definition) is 8. The fraction of sp³-hybridized carbons (Fsp3) is 0.455. The number of benzene rings is 1. The lowest BCUT2D eigenvalue weighted by molar-refractivity contribution is -0.121. The Morgan fingerprint density at radius 3 is 2.71 bits per heavy atom. The molecule has 0 aliphatic carbocycles. The quantitative estimate of drug-likeness (QED) is 0.587. The second-order valence-corrected chi connectivity index (χ2v) is 7.36. The molecule has 3 heterocycles. The molecule has 1 saturated heterocycles. The van der Waals surface area contributed by atoms with Crippen molar-refractivity contribution in [3.05, 3.63) is 41.3 Å². The van der Waals surface area contributed by atoms with E-state index < -0.39 is 0 Å². The Labute approximate surface area is 180 Å². The normalized spacial score (nSPS) is 14.1. The minimum absolute atomic E-state index is 0.0562. The molecule has 0 unspecified atom stereocenters. The molecule has 164 valence electrons. The monoisotopic (exact) mass is 425 g/mol. The summed E-state index contributed by atoms with van der Waals surface area (Å²) in [4.78, 5) is 23.7. The molecule has 1 aliphatic heterocycles. The Bertz CT molecular complexity index is 1030. The minimum atomic E-state index is -0.0562. The van der Waals surface area contributed by atoms with E-state index in [4.69, 9.17) is 19.0 Å². The SMILES string of the molecule is CCOc1ccc(CNC(=O)CCc2nc(N3CCOCC3)c3c(C)noc3n2)cc1. The van der Waals surface area contributed by atoms with Crippen molar-refractivity contribution in [2.75, 3.05) is 37.8 Å². The van der Waals surface area contributed by atoms with Gasteiger partial charge in [-0.05, 0) is 31.5 Å². The van der Waals surface area contributed by atoms with Gasteiger partial charge in [-0.15, -0.1) is 0 Å². The van der Waals surface area contributed by atoms with Crippen LogP contribution >= 0.6 is 0 Å². The van der Waals surface area contributed by atoms with Crippen molar-refractivity contribution in [3.63, 3.8) is 0 Å². The van der Waals surface area contributed by atoms with E-state index in [0.29, 0.717) is 44.3 Å². The number of ether oxygens (including phenoxy) is 2. The lowest BCUT2D eigenvalue weighted by atomic mass is 10.2. The molecule has 0 saturated carbocycles. The smallest absolute Gasteiger partial charge is 0.263 e. The summed E-state index contributed by atoms with van der Waals surface area (Å²) in [5.74, 6) is 2.14. The number of anilines is 1. The highest BCUT2D eigenvalue weighted by molar-refractivity contribution is 5.88. The molecular weight excluding hydrogens is 398 g/mol. The van der Waals surface area contributed by atoms with Gasteiger partial charge >= 0.3 is 0 Å². The summed E-state index contributed by atoms with van der Waals surface area (Å²) in [6.45, 7) is 7.72. The van der Waals surface area contributed by atoms with Crippen LogP contribution in [0.4, 0.5) is 5.82 Å². The van der Waals surface area contributed by atoms with Gasteiger partial charge in [0.25, 0.3) is 5.71 Å². The average molecular weight is 425 g/mol. The molecule has 0 bridgehead atoms. The molecule has 1 aliphatic rings. The molecule has 0 radical (unpaired) electrons. The first-order chi connectivity index (χ1) is 15.1. The third-order valence-electron chi connectivity index (χ3n) is 5.14. The van der Waals surface area contributed by atoms with Crippen LogP contribution < -0.4 is 15.0 Å². The van der Waals surface area contributed by atoms with E-state index >= 15 is 0 Å². The summed E-state index contributed by atoms with van der Waals surface area (Å²) >= 11 is 0. The predicted molar refractivity (Wildman–Crippen MR) is 115 cm³/mol. The highest BCUT2D eigenvalue weighted by atomic mass is 16.5. The van der Waals surface area contributed by atoms with E-state index in [-0.39, 0.29) is 12.3 Å². The summed E-state index contributed by atoms with van der Waals surface area (Å²) < 4.78 is 16.3. The standard InChI is InChI=1S/C22H27N5O4/c1-3-30-17-6-4-16(5-7-17)14-23-19(28)9-8-18-24-21(27-10-12-29-13-11-27)20-15(2)26-31-22(20)25-18/h4-7H,3,8-14H2,1-2H3,(H,23,28). The second-order valence-electron chi connectivity index (χ2n) is 7.36. The number of rotatable bonds is 8. The van der Waals surface area contributed by atoms with Gasteiger partial charge in [0.15, 0.2) is 0 Å². The molecule has 3 aromatic rings. The van der Waals surface area contributed by atoms with E-state index in [1.165, 1.54) is 0 Å². The molecule has 31 heavy (non-hydrogen) atoms. The summed E-state index contributed by atoms with van der Waals surface area (Å²) in [6.07, 6.45) is 0.709. The fourth-order valence-corrected chi connectivity index (χ4v) is 3.51. The zero-order valence-electron chi connectivity index (χ0n) is 17.9. The van der Waals surface area contributed by atoms with Gasteiger partial charge in [-0.2, -0.15) is 4.98 Å². The molecule has 0 atom stereocenters. The van der Waals surface area contributed by atoms with Crippen molar-refractivity contribution >= 4 is 22.8 Å². The maximum atomic E-state index is 12.4. The third-order valence-corrected chi connectivity index (χ3v) is 5.14. The molecule has 9 heteroatoms. The number of nitrogens with one attached hydrogen (secondary N) is 1. The number of aryl methyl sites for hydroxylation is 2. The van der Waals surface area contributed by atoms with Crippen molar-refractivity contribution in [2.24, 2.45) is 0 Å². The van der Waals surface area contributed by atoms with E-state index in [1.807, 2.05) is 38.1 Å². The molecule has 1 amide bonds. The van der Waals surface area contributed by atoms with Gasteiger partial charge in [-0.3, -0.25) is 4.79 Å². The fourth-order valence-electron chi connectivity index (χ4n) is 3.51. The highest BCUT2D eigenvalue weighted by Gasteiger charge is 2.21. The van der Waals surface area contributed by atoms with Crippen molar-refractivity contribution in [3.8, 4) is 5.75 Å². The Morgan fingerprint density at radius 2 is 1.97 bits per heavy atom. The maximum Gasteiger partial charge on any atom is 0.263 e. The van der Waals surface area contributed by atoms with Crippen LogP contribution in [-0.2, 0) is 22.5 Å². The zero-order valence-corrected chi connectivity index (χ0v) is 17.9. The lowest BCUT2D eigenvalue weighted by Gasteiger charge is -2.28. The van der Waals surface area contributed by atoms with E-state index in [0.717, 1.165) is 41.3 Å². The van der Waals surface area contributed by atoms with Crippen molar-refractivity contribution in [1.29, 1.82) is 0 Å². The molecule has 2 aromatic heterocycles. The maximum absolute atomic E-state index is 12.4. The Morgan fingerprint density at radius 1 is 1.19 bits per heavy atom. The molecule has 4 rings (SSSR count). The van der Waals surface area contributed by atoms with Crippen LogP contribution in [0.3, 0.4) is 0 Å². The third kappa shape index (κ3) is 5.11. The molecule has 9 nitrogen and oxygen atoms in total. The van der Waals surface area contributed by atoms with Crippen molar-refractivity contribution in [2.45, 2.75) is 33.2 Å². The largest absolute Gasteiger partial charge is 0.494 e. The van der Waals surface area contributed by atoms with Crippen LogP contribution in [0.2, 0.25) is 0 Å². The number of aromatic nitrogens is 3. The van der Waals surface area contributed by atoms with Crippen LogP contribution in [0.5, 0.6) is 5.75 Å². The second kappa shape index (κ2) is 9.74. The number of nitrogens with zero attached hydrogens (tertiary/aromatic N) is 4. The number of carbonyl (C=O) groups is 1. The van der Waals surface area contributed by atoms with Gasteiger partial charge in [-0.25, -0.2) is 4.98 Å². The first-order valence-corrected chi connectivity index (χ1v) is 10.6. The van der Waals surface area contributed by atoms with Crippen LogP contribution in [0.1, 0.15) is 30.4 Å². The van der Waals surface area contributed by atoms with Gasteiger partial charge in [0.2, 0.25) is 5.91 Å². The topological polar surface area (TPSA) is 103 Å². The summed E-state index contributed by atoms with van der Waals surface area (Å²) in [7, 11) is 0. The van der Waals surface area contributed by atoms with Crippen LogP contribution in [0.25, 0.3) is 11.1 Å². The van der Waals surface area contributed by atoms with Gasteiger partial charge in [0, 0.05) is 32.5 Å². The molecule has 1 N–H and O–H groups in total.